The van der Waals surface area contributed by atoms with E-state index in [2.05, 4.69) is 5.32 Å². The predicted octanol–water partition coefficient (Wildman–Crippen LogP) is 1.02. The summed E-state index contributed by atoms with van der Waals surface area (Å²) < 4.78 is 0. The van der Waals surface area contributed by atoms with Crippen molar-refractivity contribution >= 4 is 17.5 Å². The van der Waals surface area contributed by atoms with Gasteiger partial charge in [-0.25, -0.2) is 0 Å². The molecule has 0 atom stereocenters. The van der Waals surface area contributed by atoms with E-state index in [0.717, 1.165) is 5.56 Å². The monoisotopic (exact) mass is 250 g/mol. The fourth-order valence-corrected chi connectivity index (χ4v) is 1.55. The van der Waals surface area contributed by atoms with E-state index >= 15 is 0 Å². The van der Waals surface area contributed by atoms with Crippen LogP contribution in [0.3, 0.4) is 0 Å². The van der Waals surface area contributed by atoms with Crippen molar-refractivity contribution in [2.75, 3.05) is 25.5 Å². The third-order valence-corrected chi connectivity index (χ3v) is 2.58. The number of aliphatic hydroxyl groups excluding tert-OH is 1. The topological polar surface area (TPSA) is 69.6 Å². The van der Waals surface area contributed by atoms with Gasteiger partial charge in [0.05, 0.1) is 6.61 Å². The van der Waals surface area contributed by atoms with E-state index in [1.54, 1.807) is 25.2 Å². The fraction of sp³-hybridized carbons (Fsp3) is 0.385. The van der Waals surface area contributed by atoms with Crippen LogP contribution in [-0.4, -0.2) is 42.0 Å². The summed E-state index contributed by atoms with van der Waals surface area (Å²) in [6, 6.07) is 5.13. The van der Waals surface area contributed by atoms with E-state index in [9.17, 15) is 9.59 Å². The Kier molecular flexibility index (Phi) is 4.85. The zero-order chi connectivity index (χ0) is 13.7. The first-order valence-corrected chi connectivity index (χ1v) is 5.70. The molecular formula is C13H18N2O3. The third kappa shape index (κ3) is 3.56. The number of amides is 2. The molecule has 0 aliphatic rings. The van der Waals surface area contributed by atoms with Crippen molar-refractivity contribution in [1.82, 2.24) is 4.90 Å². The van der Waals surface area contributed by atoms with Crippen molar-refractivity contribution in [2.45, 2.75) is 13.8 Å². The Morgan fingerprint density at radius 3 is 2.61 bits per heavy atom. The van der Waals surface area contributed by atoms with E-state index in [1.807, 2.05) is 6.92 Å². The summed E-state index contributed by atoms with van der Waals surface area (Å²) in [5.41, 5.74) is 2.01. The Labute approximate surface area is 106 Å². The van der Waals surface area contributed by atoms with Gasteiger partial charge in [-0.05, 0) is 24.6 Å². The molecular weight excluding hydrogens is 232 g/mol. The first-order chi connectivity index (χ1) is 8.45. The van der Waals surface area contributed by atoms with Crippen LogP contribution in [0.4, 0.5) is 5.69 Å². The normalized spacial score (nSPS) is 10.0. The van der Waals surface area contributed by atoms with E-state index in [1.165, 1.54) is 11.8 Å². The van der Waals surface area contributed by atoms with Crippen LogP contribution < -0.4 is 5.32 Å². The summed E-state index contributed by atoms with van der Waals surface area (Å²) in [5, 5.41) is 11.5. The van der Waals surface area contributed by atoms with Crippen LogP contribution in [0.25, 0.3) is 0 Å². The molecule has 0 radical (unpaired) electrons. The van der Waals surface area contributed by atoms with Gasteiger partial charge in [0.2, 0.25) is 5.91 Å². The Balaban J connectivity index is 2.97. The number of hydrogen-bond acceptors (Lipinski definition) is 3. The first-order valence-electron chi connectivity index (χ1n) is 5.70. The van der Waals surface area contributed by atoms with Gasteiger partial charge in [-0.15, -0.1) is 0 Å². The fourth-order valence-electron chi connectivity index (χ4n) is 1.55. The number of nitrogens with one attached hydrogen (secondary N) is 1. The quantitative estimate of drug-likeness (QED) is 0.838. The summed E-state index contributed by atoms with van der Waals surface area (Å²) >= 11 is 0. The average Bonchev–Trinajstić information content (AvgIpc) is 2.31. The molecule has 0 saturated carbocycles. The number of carbonyl (C=O) groups excluding carboxylic acids is 2. The molecule has 0 unspecified atom stereocenters. The molecule has 2 amide bonds. The molecule has 0 bridgehead atoms. The summed E-state index contributed by atoms with van der Waals surface area (Å²) in [6.07, 6.45) is 0. The van der Waals surface area contributed by atoms with Gasteiger partial charge >= 0.3 is 0 Å². The molecule has 98 valence electrons. The molecule has 1 aromatic rings. The lowest BCUT2D eigenvalue weighted by molar-refractivity contribution is -0.114. The van der Waals surface area contributed by atoms with Crippen LogP contribution >= 0.6 is 0 Å². The molecule has 0 fully saturated rings. The van der Waals surface area contributed by atoms with Crippen LogP contribution in [0, 0.1) is 6.92 Å². The van der Waals surface area contributed by atoms with Gasteiger partial charge in [0, 0.05) is 31.8 Å². The SMILES string of the molecule is CC(=O)Nc1cc(C(=O)N(C)CCO)ccc1C. The molecule has 1 rings (SSSR count). The van der Waals surface area contributed by atoms with Crippen molar-refractivity contribution in [3.63, 3.8) is 0 Å². The van der Waals surface area contributed by atoms with Crippen LogP contribution in [0.15, 0.2) is 18.2 Å². The largest absolute Gasteiger partial charge is 0.395 e. The van der Waals surface area contributed by atoms with Crippen LogP contribution in [0.5, 0.6) is 0 Å². The molecule has 0 spiro atoms. The molecule has 0 aliphatic carbocycles. The van der Waals surface area contributed by atoms with E-state index in [4.69, 9.17) is 5.11 Å². The molecule has 5 heteroatoms. The van der Waals surface area contributed by atoms with Gasteiger partial charge in [-0.2, -0.15) is 0 Å². The lowest BCUT2D eigenvalue weighted by Crippen LogP contribution is -2.29. The van der Waals surface area contributed by atoms with Crippen molar-refractivity contribution in [2.24, 2.45) is 0 Å². The maximum atomic E-state index is 12.0. The standard InChI is InChI=1S/C13H18N2O3/c1-9-4-5-11(8-12(9)14-10(2)17)13(18)15(3)6-7-16/h4-5,8,16H,6-7H2,1-3H3,(H,14,17). The Bertz CT molecular complexity index is 458. The number of rotatable bonds is 4. The minimum Gasteiger partial charge on any atom is -0.395 e. The van der Waals surface area contributed by atoms with Crippen molar-refractivity contribution in [1.29, 1.82) is 0 Å². The van der Waals surface area contributed by atoms with Gasteiger partial charge in [0.25, 0.3) is 5.91 Å². The van der Waals surface area contributed by atoms with Crippen molar-refractivity contribution < 1.29 is 14.7 Å². The van der Waals surface area contributed by atoms with Crippen LogP contribution in [-0.2, 0) is 4.79 Å². The summed E-state index contributed by atoms with van der Waals surface area (Å²) in [7, 11) is 1.62. The number of benzene rings is 1. The van der Waals surface area contributed by atoms with Crippen LogP contribution in [0.1, 0.15) is 22.8 Å². The molecule has 0 saturated heterocycles. The lowest BCUT2D eigenvalue weighted by atomic mass is 10.1. The Morgan fingerprint density at radius 1 is 1.39 bits per heavy atom. The highest BCUT2D eigenvalue weighted by molar-refractivity contribution is 5.97. The van der Waals surface area contributed by atoms with E-state index < -0.39 is 0 Å². The van der Waals surface area contributed by atoms with Gasteiger partial charge in [-0.3, -0.25) is 9.59 Å². The highest BCUT2D eigenvalue weighted by Crippen LogP contribution is 2.17. The minimum absolute atomic E-state index is 0.0767. The Hall–Kier alpha value is -1.88. The van der Waals surface area contributed by atoms with E-state index in [0.29, 0.717) is 11.3 Å². The number of aliphatic hydroxyl groups is 1. The predicted molar refractivity (Wildman–Crippen MR) is 69.5 cm³/mol. The third-order valence-electron chi connectivity index (χ3n) is 2.58. The summed E-state index contributed by atoms with van der Waals surface area (Å²) in [4.78, 5) is 24.5. The number of anilines is 1. The minimum atomic E-state index is -0.185. The highest BCUT2D eigenvalue weighted by atomic mass is 16.3. The van der Waals surface area contributed by atoms with Gasteiger partial charge in [-0.1, -0.05) is 6.07 Å². The zero-order valence-corrected chi connectivity index (χ0v) is 10.9. The molecule has 0 heterocycles. The number of aryl methyl sites for hydroxylation is 1. The summed E-state index contributed by atoms with van der Waals surface area (Å²) in [6.45, 7) is 3.48. The average molecular weight is 250 g/mol. The molecule has 1 aromatic carbocycles. The smallest absolute Gasteiger partial charge is 0.253 e. The van der Waals surface area contributed by atoms with Crippen molar-refractivity contribution in [3.8, 4) is 0 Å². The summed E-state index contributed by atoms with van der Waals surface area (Å²) in [5.74, 6) is -0.359. The Morgan fingerprint density at radius 2 is 2.06 bits per heavy atom. The number of nitrogens with zero attached hydrogens (tertiary/aromatic N) is 1. The molecule has 0 aliphatic heterocycles. The van der Waals surface area contributed by atoms with Crippen molar-refractivity contribution in [3.05, 3.63) is 29.3 Å². The highest BCUT2D eigenvalue weighted by Gasteiger charge is 2.12. The second-order valence-corrected chi connectivity index (χ2v) is 4.16. The molecule has 0 aromatic heterocycles. The molecule has 18 heavy (non-hydrogen) atoms. The van der Waals surface area contributed by atoms with Gasteiger partial charge in [0.15, 0.2) is 0 Å². The zero-order valence-electron chi connectivity index (χ0n) is 10.9. The number of hydrogen-bond donors (Lipinski definition) is 2. The molecule has 5 nitrogen and oxygen atoms in total. The maximum Gasteiger partial charge on any atom is 0.253 e. The second-order valence-electron chi connectivity index (χ2n) is 4.16. The maximum absolute atomic E-state index is 12.0. The molecule has 2 N–H and O–H groups in total. The number of carbonyl (C=O) groups is 2. The van der Waals surface area contributed by atoms with Gasteiger partial charge < -0.3 is 15.3 Å². The van der Waals surface area contributed by atoms with Gasteiger partial charge in [0.1, 0.15) is 0 Å². The lowest BCUT2D eigenvalue weighted by Gasteiger charge is -2.16. The van der Waals surface area contributed by atoms with E-state index in [-0.39, 0.29) is 25.0 Å². The van der Waals surface area contributed by atoms with Crippen LogP contribution in [0.2, 0.25) is 0 Å². The first kappa shape index (κ1) is 14.2. The second kappa shape index (κ2) is 6.16. The number of likely N-dealkylation sites (N-methyl/N-ethyl adjacent to an activating group) is 1.